The van der Waals surface area contributed by atoms with Crippen molar-refractivity contribution in [2.24, 2.45) is 0 Å². The second kappa shape index (κ2) is 12.3. The smallest absolute Gasteiger partial charge is 0.420 e. The number of benzene rings is 3. The Balaban J connectivity index is 1.76. The minimum Gasteiger partial charge on any atom is -0.478 e. The highest BCUT2D eigenvalue weighted by molar-refractivity contribution is 6.09. The van der Waals surface area contributed by atoms with E-state index in [9.17, 15) is 55.7 Å². The van der Waals surface area contributed by atoms with Crippen LogP contribution in [-0.2, 0) is 21.9 Å². The highest BCUT2D eigenvalue weighted by Crippen LogP contribution is 2.43. The molecule has 0 aromatic heterocycles. The summed E-state index contributed by atoms with van der Waals surface area (Å²) in [4.78, 5) is 46.4. The molecule has 0 spiro atoms. The van der Waals surface area contributed by atoms with Crippen LogP contribution in [0.15, 0.2) is 89.0 Å². The SMILES string of the molecule is CC(=O)C1=C=C=C(Oc2ccc(-c3ccc(Oc4ccc(C(C)=O)c(C(=O)O)c4)c(C(F)(F)F)c3)cc2C(F)(F)F)C=C1C(=O)O. The van der Waals surface area contributed by atoms with Gasteiger partial charge in [-0.05, 0) is 73.2 Å². The largest absolute Gasteiger partial charge is 0.478 e. The number of allylic oxidation sites excluding steroid dienone is 1. The number of hydrogen-bond acceptors (Lipinski definition) is 6. The van der Waals surface area contributed by atoms with E-state index in [1.165, 1.54) is 0 Å². The van der Waals surface area contributed by atoms with Crippen molar-refractivity contribution in [1.29, 1.82) is 0 Å². The van der Waals surface area contributed by atoms with E-state index in [-0.39, 0.29) is 28.0 Å². The predicted octanol–water partition coefficient (Wildman–Crippen LogP) is 7.64. The van der Waals surface area contributed by atoms with E-state index >= 15 is 0 Å². The van der Waals surface area contributed by atoms with E-state index in [1.807, 2.05) is 0 Å². The van der Waals surface area contributed by atoms with Gasteiger partial charge in [0.05, 0.1) is 27.8 Å². The van der Waals surface area contributed by atoms with Crippen LogP contribution in [0.4, 0.5) is 26.3 Å². The first-order valence-corrected chi connectivity index (χ1v) is 12.8. The molecule has 8 nitrogen and oxygen atoms in total. The third-order valence-electron chi connectivity index (χ3n) is 6.39. The Kier molecular flexibility index (Phi) is 8.82. The Labute approximate surface area is 254 Å². The van der Waals surface area contributed by atoms with Crippen molar-refractivity contribution in [1.82, 2.24) is 0 Å². The van der Waals surface area contributed by atoms with Gasteiger partial charge in [-0.15, -0.1) is 0 Å². The molecule has 0 atom stereocenters. The van der Waals surface area contributed by atoms with Gasteiger partial charge in [0, 0.05) is 11.6 Å². The summed E-state index contributed by atoms with van der Waals surface area (Å²) in [5, 5.41) is 18.7. The zero-order valence-corrected chi connectivity index (χ0v) is 23.4. The van der Waals surface area contributed by atoms with Crippen molar-refractivity contribution >= 4 is 23.5 Å². The number of carboxylic acids is 2. The first-order valence-electron chi connectivity index (χ1n) is 12.8. The van der Waals surface area contributed by atoms with Gasteiger partial charge in [0.15, 0.2) is 17.3 Å². The van der Waals surface area contributed by atoms with Crippen LogP contribution in [0.2, 0.25) is 0 Å². The fourth-order valence-corrected chi connectivity index (χ4v) is 4.29. The number of aliphatic carboxylic acids is 1. The number of carbonyl (C=O) groups excluding carboxylic acids is 2. The van der Waals surface area contributed by atoms with Crippen molar-refractivity contribution in [2.75, 3.05) is 0 Å². The standard InChI is InChI=1S/C32H18F6O8/c1-15(39)21-7-5-19(13-23(21)29(41)42)45-27-9-3-17(11-25(27)31(33,34)35)18-4-10-28(26(12-18)32(36,37)38)46-20-6-8-22(16(2)40)24(14-20)30(43)44/h3-5,7,9-14H,1-2H3,(H,41,42)(H,43,44). The second-order valence-electron chi connectivity index (χ2n) is 9.60. The molecular formula is C32H18F6O8. The van der Waals surface area contributed by atoms with E-state index in [0.29, 0.717) is 12.1 Å². The van der Waals surface area contributed by atoms with Crippen molar-refractivity contribution in [3.8, 4) is 28.4 Å². The molecule has 4 rings (SSSR count). The Morgan fingerprint density at radius 2 is 1.20 bits per heavy atom. The lowest BCUT2D eigenvalue weighted by atomic mass is 9.99. The monoisotopic (exact) mass is 644 g/mol. The summed E-state index contributed by atoms with van der Waals surface area (Å²) in [5.41, 5.74) is -0.636. The summed E-state index contributed by atoms with van der Waals surface area (Å²) in [6.07, 6.45) is -9.38. The number of carbonyl (C=O) groups is 4. The summed E-state index contributed by atoms with van der Waals surface area (Å²) >= 11 is 0. The fraction of sp³-hybridized carbons (Fsp3) is 0.125. The molecule has 1 aliphatic carbocycles. The molecule has 0 aliphatic heterocycles. The maximum Gasteiger partial charge on any atom is 0.420 e. The quantitative estimate of drug-likeness (QED) is 0.138. The molecule has 0 radical (unpaired) electrons. The molecule has 1 aliphatic rings. The van der Waals surface area contributed by atoms with Gasteiger partial charge in [-0.3, -0.25) is 9.59 Å². The van der Waals surface area contributed by atoms with Crippen molar-refractivity contribution in [2.45, 2.75) is 26.2 Å². The second-order valence-corrected chi connectivity index (χ2v) is 9.60. The van der Waals surface area contributed by atoms with Crippen LogP contribution in [0.3, 0.4) is 0 Å². The summed E-state index contributed by atoms with van der Waals surface area (Å²) in [6, 6.07) is 7.82. The van der Waals surface area contributed by atoms with Crippen molar-refractivity contribution < 1.29 is 65.2 Å². The van der Waals surface area contributed by atoms with Crippen LogP contribution in [0, 0.1) is 0 Å². The number of halogens is 6. The first kappa shape index (κ1) is 33.1. The number of hydrogen-bond donors (Lipinski definition) is 2. The highest BCUT2D eigenvalue weighted by atomic mass is 19.4. The van der Waals surface area contributed by atoms with Gasteiger partial charge >= 0.3 is 24.3 Å². The molecule has 14 heteroatoms. The molecule has 3 aromatic carbocycles. The molecule has 0 heterocycles. The van der Waals surface area contributed by atoms with Crippen LogP contribution in [0.1, 0.15) is 45.7 Å². The van der Waals surface area contributed by atoms with Gasteiger partial charge in [0.1, 0.15) is 17.2 Å². The molecular weight excluding hydrogens is 626 g/mol. The zero-order chi connectivity index (χ0) is 34.1. The van der Waals surface area contributed by atoms with Gasteiger partial charge in [-0.1, -0.05) is 17.9 Å². The lowest BCUT2D eigenvalue weighted by Crippen LogP contribution is -2.13. The average molecular weight is 644 g/mol. The van der Waals surface area contributed by atoms with Crippen LogP contribution >= 0.6 is 0 Å². The maximum atomic E-state index is 14.1. The molecule has 0 saturated carbocycles. The normalized spacial score (nSPS) is 12.9. The number of rotatable bonds is 9. The summed E-state index contributed by atoms with van der Waals surface area (Å²) in [7, 11) is 0. The third-order valence-corrected chi connectivity index (χ3v) is 6.39. The van der Waals surface area contributed by atoms with Crippen LogP contribution in [0.5, 0.6) is 17.2 Å². The molecule has 0 amide bonds. The van der Waals surface area contributed by atoms with E-state index in [4.69, 9.17) is 9.47 Å². The maximum absolute atomic E-state index is 14.1. The van der Waals surface area contributed by atoms with Gasteiger partial charge in [0.2, 0.25) is 0 Å². The highest BCUT2D eigenvalue weighted by Gasteiger charge is 2.37. The molecule has 0 bridgehead atoms. The number of ether oxygens (including phenoxy) is 2. The molecule has 236 valence electrons. The Morgan fingerprint density at radius 1 is 0.652 bits per heavy atom. The predicted molar refractivity (Wildman–Crippen MR) is 146 cm³/mol. The van der Waals surface area contributed by atoms with Gasteiger partial charge in [-0.2, -0.15) is 26.3 Å². The number of aromatic carboxylic acids is 1. The van der Waals surface area contributed by atoms with Gasteiger partial charge < -0.3 is 19.7 Å². The lowest BCUT2D eigenvalue weighted by molar-refractivity contribution is -0.139. The van der Waals surface area contributed by atoms with Gasteiger partial charge in [0.25, 0.3) is 0 Å². The van der Waals surface area contributed by atoms with Gasteiger partial charge in [-0.25, -0.2) is 9.59 Å². The van der Waals surface area contributed by atoms with E-state index < -0.39 is 75.4 Å². The Morgan fingerprint density at radius 3 is 1.65 bits per heavy atom. The molecule has 3 aromatic rings. The van der Waals surface area contributed by atoms with E-state index in [0.717, 1.165) is 62.4 Å². The molecule has 0 unspecified atom stereocenters. The summed E-state index contributed by atoms with van der Waals surface area (Å²) in [6.45, 7) is 2.16. The Bertz CT molecular complexity index is 1950. The summed E-state index contributed by atoms with van der Waals surface area (Å²) < 4.78 is 95.0. The molecule has 2 N–H and O–H groups in total. The van der Waals surface area contributed by atoms with Crippen molar-refractivity contribution in [3.05, 3.63) is 111 Å². The van der Waals surface area contributed by atoms with E-state index in [1.54, 1.807) is 0 Å². The van der Waals surface area contributed by atoms with Crippen LogP contribution in [-0.4, -0.2) is 33.7 Å². The fourth-order valence-electron chi connectivity index (χ4n) is 4.29. The van der Waals surface area contributed by atoms with Crippen LogP contribution < -0.4 is 9.47 Å². The average Bonchev–Trinajstić information content (AvgIpc) is 2.96. The molecule has 0 saturated heterocycles. The van der Waals surface area contributed by atoms with Crippen molar-refractivity contribution in [3.63, 3.8) is 0 Å². The molecule has 46 heavy (non-hydrogen) atoms. The number of Topliss-reactive ketones (excluding diaryl/α,β-unsaturated/α-hetero) is 2. The number of carboxylic acid groups (broad SMARTS) is 2. The first-order chi connectivity index (χ1) is 21.4. The lowest BCUT2D eigenvalue weighted by Gasteiger charge is -2.18. The topological polar surface area (TPSA) is 127 Å². The molecule has 0 fully saturated rings. The minimum atomic E-state index is -5.09. The Hall–Kier alpha value is -5.84. The van der Waals surface area contributed by atoms with Crippen LogP contribution in [0.25, 0.3) is 11.1 Å². The number of alkyl halides is 6. The minimum absolute atomic E-state index is 0.203. The number of ketones is 2. The van der Waals surface area contributed by atoms with E-state index in [2.05, 4.69) is 11.5 Å². The third kappa shape index (κ3) is 7.10. The zero-order valence-electron chi connectivity index (χ0n) is 23.4. The summed E-state index contributed by atoms with van der Waals surface area (Å²) in [5.74, 6) is -6.91.